The van der Waals surface area contributed by atoms with Gasteiger partial charge in [0.25, 0.3) is 0 Å². The van der Waals surface area contributed by atoms with Crippen molar-refractivity contribution in [1.29, 1.82) is 0 Å². The fraction of sp³-hybridized carbons (Fsp3) is 0.286. The number of amides is 1. The number of ether oxygens (including phenoxy) is 1. The van der Waals surface area contributed by atoms with Gasteiger partial charge in [-0.05, 0) is 72.7 Å². The maximum atomic E-state index is 12.7. The van der Waals surface area contributed by atoms with Crippen LogP contribution in [0.1, 0.15) is 29.5 Å². The molecule has 1 amide bonds. The highest BCUT2D eigenvalue weighted by Crippen LogP contribution is 2.28. The number of hydrogen-bond acceptors (Lipinski definition) is 5. The van der Waals surface area contributed by atoms with Crippen LogP contribution < -0.4 is 10.6 Å². The number of phenols is 1. The van der Waals surface area contributed by atoms with Crippen LogP contribution >= 0.6 is 11.6 Å². The Morgan fingerprint density at radius 3 is 2.26 bits per heavy atom. The number of likely N-dealkylation sites (tertiary alicyclic amines) is 1. The summed E-state index contributed by atoms with van der Waals surface area (Å²) >= 11 is 5.98. The van der Waals surface area contributed by atoms with E-state index < -0.39 is 6.09 Å². The number of rotatable bonds is 11. The molecule has 0 spiro atoms. The first-order valence-electron chi connectivity index (χ1n) is 14.6. The fourth-order valence-corrected chi connectivity index (χ4v) is 5.49. The number of carbonyl (C=O) groups is 1. The maximum absolute atomic E-state index is 12.7. The number of aromatic hydroxyl groups is 1. The number of piperidine rings is 1. The summed E-state index contributed by atoms with van der Waals surface area (Å²) in [6, 6.07) is 32.0. The summed E-state index contributed by atoms with van der Waals surface area (Å²) in [6.07, 6.45) is 3.18. The van der Waals surface area contributed by atoms with Crippen molar-refractivity contribution in [3.8, 4) is 16.9 Å². The molecule has 1 aliphatic rings. The van der Waals surface area contributed by atoms with Gasteiger partial charge in [0.05, 0.1) is 10.7 Å². The highest BCUT2D eigenvalue weighted by Gasteiger charge is 2.22. The SMILES string of the molecule is O=C(Nc1ccccc1-c1ccccc1)OC1CCN(CCc2ccc(CCNCc3ccc(O)c(Cl)c3)cc2)CC1. The van der Waals surface area contributed by atoms with Crippen molar-refractivity contribution in [3.63, 3.8) is 0 Å². The third-order valence-electron chi connectivity index (χ3n) is 7.73. The van der Waals surface area contributed by atoms with Gasteiger partial charge >= 0.3 is 6.09 Å². The quantitative estimate of drug-likeness (QED) is 0.162. The van der Waals surface area contributed by atoms with Crippen LogP contribution in [-0.2, 0) is 24.1 Å². The molecule has 0 aromatic heterocycles. The lowest BCUT2D eigenvalue weighted by Crippen LogP contribution is -2.39. The van der Waals surface area contributed by atoms with Crippen LogP contribution in [0.2, 0.25) is 5.02 Å². The van der Waals surface area contributed by atoms with Gasteiger partial charge in [-0.15, -0.1) is 0 Å². The van der Waals surface area contributed by atoms with E-state index in [1.54, 1.807) is 12.1 Å². The molecule has 0 atom stereocenters. The van der Waals surface area contributed by atoms with Gasteiger partial charge < -0.3 is 20.1 Å². The molecule has 0 bridgehead atoms. The van der Waals surface area contributed by atoms with E-state index in [4.69, 9.17) is 16.3 Å². The largest absolute Gasteiger partial charge is 0.506 e. The maximum Gasteiger partial charge on any atom is 0.411 e. The summed E-state index contributed by atoms with van der Waals surface area (Å²) in [5, 5.41) is 16.3. The number of benzene rings is 4. The van der Waals surface area contributed by atoms with Gasteiger partial charge in [0, 0.05) is 31.7 Å². The number of nitrogens with one attached hydrogen (secondary N) is 2. The standard InChI is InChI=1S/C35H38ClN3O3/c36-32-24-28(14-15-34(32)40)25-37-20-16-26-10-12-27(13-11-26)17-21-39-22-18-30(19-23-39)42-35(41)38-33-9-5-4-8-31(33)29-6-2-1-3-7-29/h1-15,24,30,37,40H,16-23,25H2,(H,38,41). The number of nitrogens with zero attached hydrogens (tertiary/aromatic N) is 1. The predicted octanol–water partition coefficient (Wildman–Crippen LogP) is 7.30. The minimum atomic E-state index is -0.392. The van der Waals surface area contributed by atoms with E-state index in [1.807, 2.05) is 60.7 Å². The molecule has 1 fully saturated rings. The Morgan fingerprint density at radius 1 is 0.857 bits per heavy atom. The van der Waals surface area contributed by atoms with Crippen molar-refractivity contribution >= 4 is 23.4 Å². The number of anilines is 1. The average Bonchev–Trinajstić information content (AvgIpc) is 3.02. The van der Waals surface area contributed by atoms with E-state index >= 15 is 0 Å². The summed E-state index contributed by atoms with van der Waals surface area (Å²) in [4.78, 5) is 15.1. The number of halogens is 1. The lowest BCUT2D eigenvalue weighted by molar-refractivity contribution is 0.0593. The van der Waals surface area contributed by atoms with Gasteiger partial charge in [-0.25, -0.2) is 4.79 Å². The second-order valence-electron chi connectivity index (χ2n) is 10.8. The minimum absolute atomic E-state index is 0.0657. The molecule has 0 aliphatic carbocycles. The summed E-state index contributed by atoms with van der Waals surface area (Å²) in [5.74, 6) is 0.112. The van der Waals surface area contributed by atoms with E-state index in [1.165, 1.54) is 11.1 Å². The predicted molar refractivity (Wildman–Crippen MR) is 170 cm³/mol. The molecule has 1 saturated heterocycles. The summed E-state index contributed by atoms with van der Waals surface area (Å²) < 4.78 is 5.79. The Hall–Kier alpha value is -3.84. The third-order valence-corrected chi connectivity index (χ3v) is 8.03. The zero-order valence-electron chi connectivity index (χ0n) is 23.8. The Kier molecular flexibility index (Phi) is 10.5. The van der Waals surface area contributed by atoms with Crippen molar-refractivity contribution in [1.82, 2.24) is 10.2 Å². The van der Waals surface area contributed by atoms with Crippen LogP contribution in [0.15, 0.2) is 97.1 Å². The summed E-state index contributed by atoms with van der Waals surface area (Å²) in [5.41, 5.74) is 6.48. The van der Waals surface area contributed by atoms with Crippen LogP contribution in [0.4, 0.5) is 10.5 Å². The third kappa shape index (κ3) is 8.58. The molecule has 42 heavy (non-hydrogen) atoms. The topological polar surface area (TPSA) is 73.8 Å². The molecule has 4 aromatic rings. The molecule has 4 aromatic carbocycles. The molecule has 0 saturated carbocycles. The van der Waals surface area contributed by atoms with E-state index in [2.05, 4.69) is 39.8 Å². The Bertz CT molecular complexity index is 1440. The highest BCUT2D eigenvalue weighted by molar-refractivity contribution is 6.32. The molecule has 1 aliphatic heterocycles. The van der Waals surface area contributed by atoms with Crippen LogP contribution in [0.3, 0.4) is 0 Å². The van der Waals surface area contributed by atoms with E-state index in [0.29, 0.717) is 11.6 Å². The monoisotopic (exact) mass is 583 g/mol. The van der Waals surface area contributed by atoms with Crippen molar-refractivity contribution in [2.24, 2.45) is 0 Å². The van der Waals surface area contributed by atoms with Crippen LogP contribution in [0, 0.1) is 0 Å². The molecule has 3 N–H and O–H groups in total. The number of hydrogen-bond donors (Lipinski definition) is 3. The molecule has 5 rings (SSSR count). The van der Waals surface area contributed by atoms with E-state index in [9.17, 15) is 9.90 Å². The number of phenolic OH excluding ortho intramolecular Hbond substituents is 1. The van der Waals surface area contributed by atoms with Crippen LogP contribution in [-0.4, -0.2) is 48.4 Å². The zero-order valence-corrected chi connectivity index (χ0v) is 24.5. The lowest BCUT2D eigenvalue weighted by atomic mass is 10.0. The first-order chi connectivity index (χ1) is 20.5. The van der Waals surface area contributed by atoms with Gasteiger partial charge in [-0.3, -0.25) is 5.32 Å². The van der Waals surface area contributed by atoms with E-state index in [-0.39, 0.29) is 11.9 Å². The Balaban J connectivity index is 0.988. The van der Waals surface area contributed by atoms with Gasteiger partial charge in [-0.2, -0.15) is 0 Å². The highest BCUT2D eigenvalue weighted by atomic mass is 35.5. The molecule has 1 heterocycles. The zero-order chi connectivity index (χ0) is 29.1. The first-order valence-corrected chi connectivity index (χ1v) is 15.0. The van der Waals surface area contributed by atoms with Crippen molar-refractivity contribution in [2.45, 2.75) is 38.3 Å². The smallest absolute Gasteiger partial charge is 0.411 e. The minimum Gasteiger partial charge on any atom is -0.506 e. The van der Waals surface area contributed by atoms with Crippen molar-refractivity contribution in [3.05, 3.63) is 119 Å². The van der Waals surface area contributed by atoms with E-state index in [0.717, 1.165) is 74.2 Å². The second kappa shape index (κ2) is 14.9. The Labute approximate surface area is 253 Å². The molecule has 218 valence electrons. The summed E-state index contributed by atoms with van der Waals surface area (Å²) in [6.45, 7) is 4.43. The lowest BCUT2D eigenvalue weighted by Gasteiger charge is -2.31. The Morgan fingerprint density at radius 2 is 1.52 bits per heavy atom. The van der Waals surface area contributed by atoms with Crippen LogP contribution in [0.5, 0.6) is 5.75 Å². The summed E-state index contributed by atoms with van der Waals surface area (Å²) in [7, 11) is 0. The van der Waals surface area contributed by atoms with Crippen molar-refractivity contribution in [2.75, 3.05) is 31.5 Å². The average molecular weight is 584 g/mol. The normalized spacial score (nSPS) is 14.0. The van der Waals surface area contributed by atoms with Crippen LogP contribution in [0.25, 0.3) is 11.1 Å². The van der Waals surface area contributed by atoms with Gasteiger partial charge in [0.1, 0.15) is 11.9 Å². The van der Waals surface area contributed by atoms with Gasteiger partial charge in [0.2, 0.25) is 0 Å². The molecule has 0 unspecified atom stereocenters. The van der Waals surface area contributed by atoms with Crippen molar-refractivity contribution < 1.29 is 14.6 Å². The molecule has 7 heteroatoms. The fourth-order valence-electron chi connectivity index (χ4n) is 5.29. The molecule has 6 nitrogen and oxygen atoms in total. The molecule has 0 radical (unpaired) electrons. The molecular weight excluding hydrogens is 546 g/mol. The number of carbonyl (C=O) groups excluding carboxylic acids is 1. The first kappa shape index (κ1) is 29.6. The second-order valence-corrected chi connectivity index (χ2v) is 11.2. The van der Waals surface area contributed by atoms with Gasteiger partial charge in [0.15, 0.2) is 0 Å². The molecular formula is C35H38ClN3O3. The van der Waals surface area contributed by atoms with Gasteiger partial charge in [-0.1, -0.05) is 90.5 Å². The number of para-hydroxylation sites is 1.